The third kappa shape index (κ3) is 3.00. The molecule has 1 atom stereocenters. The maximum Gasteiger partial charge on any atom is 0.248 e. The molecule has 1 N–H and O–H groups in total. The summed E-state index contributed by atoms with van der Waals surface area (Å²) in [5.74, 6) is 0.382. The Hall–Kier alpha value is -1.45. The maximum atomic E-state index is 12.7. The number of carbonyl (C=O) groups excluding carboxylic acids is 1. The molecule has 2 aliphatic heterocycles. The number of aromatic nitrogens is 1. The molecule has 1 aromatic heterocycles. The van der Waals surface area contributed by atoms with E-state index in [0.717, 1.165) is 19.4 Å². The fraction of sp³-hybridized carbons (Fsp3) is 0.714. The minimum absolute atomic E-state index is 0.0805. The average molecular weight is 342 g/mol. The highest BCUT2D eigenvalue weighted by molar-refractivity contribution is 7.89. The summed E-state index contributed by atoms with van der Waals surface area (Å²) in [6, 6.07) is -0.110. The molecule has 1 amide bonds. The molecule has 0 aliphatic carbocycles. The third-order valence-electron chi connectivity index (χ3n) is 4.47. The number of amides is 1. The highest BCUT2D eigenvalue weighted by atomic mass is 32.2. The number of piperazine rings is 1. The van der Waals surface area contributed by atoms with Crippen molar-refractivity contribution < 1.29 is 17.7 Å². The van der Waals surface area contributed by atoms with Crippen molar-refractivity contribution >= 4 is 15.9 Å². The fourth-order valence-corrected chi connectivity index (χ4v) is 4.95. The minimum Gasteiger partial charge on any atom is -0.360 e. The van der Waals surface area contributed by atoms with E-state index >= 15 is 0 Å². The molecule has 0 saturated carbocycles. The van der Waals surface area contributed by atoms with Gasteiger partial charge in [-0.15, -0.1) is 0 Å². The Labute approximate surface area is 135 Å². The Kier molecular flexibility index (Phi) is 4.43. The van der Waals surface area contributed by atoms with Crippen LogP contribution in [0.3, 0.4) is 0 Å². The monoisotopic (exact) mass is 342 g/mol. The number of sulfonamides is 1. The van der Waals surface area contributed by atoms with Crippen LogP contribution in [0, 0.1) is 13.8 Å². The van der Waals surface area contributed by atoms with E-state index in [0.29, 0.717) is 37.6 Å². The van der Waals surface area contributed by atoms with Gasteiger partial charge in [0.05, 0.1) is 6.04 Å². The van der Waals surface area contributed by atoms with E-state index in [4.69, 9.17) is 4.52 Å². The van der Waals surface area contributed by atoms with Crippen molar-refractivity contribution in [2.75, 3.05) is 32.7 Å². The first kappa shape index (κ1) is 16.4. The van der Waals surface area contributed by atoms with Crippen LogP contribution >= 0.6 is 0 Å². The maximum absolute atomic E-state index is 12.7. The van der Waals surface area contributed by atoms with Gasteiger partial charge in [-0.05, 0) is 33.2 Å². The van der Waals surface area contributed by atoms with Crippen molar-refractivity contribution in [3.63, 3.8) is 0 Å². The van der Waals surface area contributed by atoms with E-state index in [1.807, 2.05) is 0 Å². The van der Waals surface area contributed by atoms with Crippen molar-refractivity contribution in [3.05, 3.63) is 11.5 Å². The van der Waals surface area contributed by atoms with Crippen molar-refractivity contribution in [1.29, 1.82) is 0 Å². The first-order valence-corrected chi connectivity index (χ1v) is 9.30. The zero-order valence-corrected chi connectivity index (χ0v) is 14.2. The van der Waals surface area contributed by atoms with Gasteiger partial charge in [0.1, 0.15) is 10.6 Å². The van der Waals surface area contributed by atoms with Crippen LogP contribution in [0.1, 0.15) is 24.3 Å². The van der Waals surface area contributed by atoms with Gasteiger partial charge in [0.2, 0.25) is 15.9 Å². The molecule has 1 unspecified atom stereocenters. The molecule has 1 aromatic rings. The Morgan fingerprint density at radius 1 is 1.26 bits per heavy atom. The minimum atomic E-state index is -3.62. The summed E-state index contributed by atoms with van der Waals surface area (Å²) in [4.78, 5) is 14.3. The molecule has 23 heavy (non-hydrogen) atoms. The molecule has 3 heterocycles. The van der Waals surface area contributed by atoms with Gasteiger partial charge in [-0.3, -0.25) is 4.79 Å². The smallest absolute Gasteiger partial charge is 0.248 e. The van der Waals surface area contributed by atoms with Crippen LogP contribution in [0.25, 0.3) is 0 Å². The van der Waals surface area contributed by atoms with E-state index < -0.39 is 10.0 Å². The van der Waals surface area contributed by atoms with Crippen LogP contribution in [0.2, 0.25) is 0 Å². The number of carbonyl (C=O) groups is 1. The topological polar surface area (TPSA) is 95.8 Å². The first-order valence-electron chi connectivity index (χ1n) is 7.86. The van der Waals surface area contributed by atoms with Gasteiger partial charge in [0.25, 0.3) is 0 Å². The first-order chi connectivity index (χ1) is 10.9. The van der Waals surface area contributed by atoms with Crippen LogP contribution in [0.5, 0.6) is 0 Å². The highest BCUT2D eigenvalue weighted by Crippen LogP contribution is 2.24. The summed E-state index contributed by atoms with van der Waals surface area (Å²) < 4.78 is 31.8. The molecular weight excluding hydrogens is 320 g/mol. The van der Waals surface area contributed by atoms with Crippen molar-refractivity contribution in [2.24, 2.45) is 0 Å². The zero-order chi connectivity index (χ0) is 16.6. The average Bonchev–Trinajstić information content (AvgIpc) is 3.17. The molecule has 8 nitrogen and oxygen atoms in total. The van der Waals surface area contributed by atoms with E-state index in [1.54, 1.807) is 18.7 Å². The Bertz CT molecular complexity index is 666. The summed E-state index contributed by atoms with van der Waals surface area (Å²) in [7, 11) is -3.62. The van der Waals surface area contributed by atoms with Crippen LogP contribution < -0.4 is 5.32 Å². The van der Waals surface area contributed by atoms with E-state index in [2.05, 4.69) is 10.5 Å². The Morgan fingerprint density at radius 2 is 1.96 bits per heavy atom. The largest absolute Gasteiger partial charge is 0.360 e. The summed E-state index contributed by atoms with van der Waals surface area (Å²) >= 11 is 0. The van der Waals surface area contributed by atoms with Crippen molar-refractivity contribution in [1.82, 2.24) is 19.7 Å². The second-order valence-corrected chi connectivity index (χ2v) is 7.91. The molecule has 3 rings (SSSR count). The van der Waals surface area contributed by atoms with Gasteiger partial charge < -0.3 is 14.7 Å². The number of hydrogen-bond donors (Lipinski definition) is 1. The van der Waals surface area contributed by atoms with Gasteiger partial charge in [0.15, 0.2) is 5.76 Å². The second kappa shape index (κ2) is 6.21. The van der Waals surface area contributed by atoms with Crippen LogP contribution in [-0.4, -0.2) is 67.5 Å². The fourth-order valence-electron chi connectivity index (χ4n) is 3.24. The second-order valence-electron chi connectivity index (χ2n) is 6.03. The lowest BCUT2D eigenvalue weighted by molar-refractivity contribution is -0.134. The number of aryl methyl sites for hydroxylation is 2. The number of rotatable bonds is 3. The van der Waals surface area contributed by atoms with Gasteiger partial charge in [0, 0.05) is 26.2 Å². The van der Waals surface area contributed by atoms with Gasteiger partial charge in [-0.1, -0.05) is 5.16 Å². The molecule has 9 heteroatoms. The van der Waals surface area contributed by atoms with Crippen molar-refractivity contribution in [2.45, 2.75) is 37.6 Å². The molecule has 0 radical (unpaired) electrons. The SMILES string of the molecule is Cc1noc(C)c1S(=O)(=O)N1CCN(C(=O)C2CCCN2)CC1. The molecule has 128 valence electrons. The predicted molar refractivity (Wildman–Crippen MR) is 82.3 cm³/mol. The summed E-state index contributed by atoms with van der Waals surface area (Å²) in [6.07, 6.45) is 1.87. The van der Waals surface area contributed by atoms with E-state index in [9.17, 15) is 13.2 Å². The molecule has 2 saturated heterocycles. The van der Waals surface area contributed by atoms with E-state index in [1.165, 1.54) is 4.31 Å². The number of nitrogens with zero attached hydrogens (tertiary/aromatic N) is 3. The molecule has 2 fully saturated rings. The normalized spacial score (nSPS) is 23.4. The standard InChI is InChI=1S/C14H22N4O4S/c1-10-13(11(2)22-16-10)23(20,21)18-8-6-17(7-9-18)14(19)12-4-3-5-15-12/h12,15H,3-9H2,1-2H3. The molecule has 2 aliphatic rings. The summed E-state index contributed by atoms with van der Waals surface area (Å²) in [6.45, 7) is 5.51. The van der Waals surface area contributed by atoms with E-state index in [-0.39, 0.29) is 16.8 Å². The van der Waals surface area contributed by atoms with Crippen LogP contribution in [0.15, 0.2) is 9.42 Å². The van der Waals surface area contributed by atoms with Crippen LogP contribution in [-0.2, 0) is 14.8 Å². The Morgan fingerprint density at radius 3 is 2.48 bits per heavy atom. The molecule has 0 spiro atoms. The quantitative estimate of drug-likeness (QED) is 0.822. The van der Waals surface area contributed by atoms with Crippen molar-refractivity contribution in [3.8, 4) is 0 Å². The number of hydrogen-bond acceptors (Lipinski definition) is 6. The summed E-state index contributed by atoms with van der Waals surface area (Å²) in [5.41, 5.74) is 0.371. The number of nitrogens with one attached hydrogen (secondary N) is 1. The Balaban J connectivity index is 1.68. The lowest BCUT2D eigenvalue weighted by Gasteiger charge is -2.35. The summed E-state index contributed by atoms with van der Waals surface area (Å²) in [5, 5.41) is 6.91. The lowest BCUT2D eigenvalue weighted by Crippen LogP contribution is -2.54. The van der Waals surface area contributed by atoms with Gasteiger partial charge >= 0.3 is 0 Å². The predicted octanol–water partition coefficient (Wildman–Crippen LogP) is -0.124. The lowest BCUT2D eigenvalue weighted by atomic mass is 10.2. The molecular formula is C14H22N4O4S. The molecule has 0 bridgehead atoms. The molecule has 0 aromatic carbocycles. The van der Waals surface area contributed by atoms with Crippen LogP contribution in [0.4, 0.5) is 0 Å². The van der Waals surface area contributed by atoms with Gasteiger partial charge in [-0.2, -0.15) is 4.31 Å². The van der Waals surface area contributed by atoms with Gasteiger partial charge in [-0.25, -0.2) is 8.42 Å². The highest BCUT2D eigenvalue weighted by Gasteiger charge is 2.35. The third-order valence-corrected chi connectivity index (χ3v) is 6.62. The zero-order valence-electron chi connectivity index (χ0n) is 13.4.